The first-order chi connectivity index (χ1) is 5.29. The number of carbonyl (C=O) groups is 1. The molecule has 0 spiro atoms. The highest BCUT2D eigenvalue weighted by molar-refractivity contribution is 5.89. The lowest BCUT2D eigenvalue weighted by Crippen LogP contribution is -2.03. The Balaban J connectivity index is 2.82. The van der Waals surface area contributed by atoms with Crippen molar-refractivity contribution in [1.82, 2.24) is 0 Å². The van der Waals surface area contributed by atoms with Crippen LogP contribution >= 0.6 is 0 Å². The van der Waals surface area contributed by atoms with Crippen molar-refractivity contribution in [3.05, 3.63) is 24.0 Å². The fourth-order valence-electron chi connectivity index (χ4n) is 0.981. The van der Waals surface area contributed by atoms with E-state index in [-0.39, 0.29) is 5.97 Å². The second kappa shape index (κ2) is 3.23. The molecule has 0 amide bonds. The summed E-state index contributed by atoms with van der Waals surface area (Å²) >= 11 is 0. The molecule has 1 heterocycles. The minimum absolute atomic E-state index is 0.322. The Kier molecular flexibility index (Phi) is 2.31. The summed E-state index contributed by atoms with van der Waals surface area (Å²) in [7, 11) is 1.36. The first kappa shape index (κ1) is 7.85. The zero-order valence-corrected chi connectivity index (χ0v) is 6.42. The fraction of sp³-hybridized carbons (Fsp3) is 0.375. The molecule has 0 aromatic rings. The molecular weight excluding hydrogens is 144 g/mol. The van der Waals surface area contributed by atoms with Crippen molar-refractivity contribution in [2.24, 2.45) is 0 Å². The van der Waals surface area contributed by atoms with E-state index in [1.165, 1.54) is 13.2 Å². The molecule has 60 valence electrons. The van der Waals surface area contributed by atoms with E-state index in [0.717, 1.165) is 0 Å². The molecule has 3 heteroatoms. The molecule has 0 atom stereocenters. The summed E-state index contributed by atoms with van der Waals surface area (Å²) in [5, 5.41) is 0. The maximum Gasteiger partial charge on any atom is 0.337 e. The summed E-state index contributed by atoms with van der Waals surface area (Å²) in [6, 6.07) is 0. The van der Waals surface area contributed by atoms with Gasteiger partial charge in [-0.05, 0) is 6.08 Å². The molecular formula is C8H10O3. The summed E-state index contributed by atoms with van der Waals surface area (Å²) in [5.74, 6) is 0.231. The SMILES string of the molecule is C=CC1=C(C(=O)OC)CCO1. The van der Waals surface area contributed by atoms with Crippen LogP contribution < -0.4 is 0 Å². The van der Waals surface area contributed by atoms with Gasteiger partial charge < -0.3 is 9.47 Å². The van der Waals surface area contributed by atoms with Crippen molar-refractivity contribution in [2.75, 3.05) is 13.7 Å². The van der Waals surface area contributed by atoms with Gasteiger partial charge in [0.1, 0.15) is 5.76 Å². The first-order valence-electron chi connectivity index (χ1n) is 3.36. The van der Waals surface area contributed by atoms with Crippen LogP contribution in [0.4, 0.5) is 0 Å². The zero-order valence-electron chi connectivity index (χ0n) is 6.42. The van der Waals surface area contributed by atoms with Gasteiger partial charge in [0.2, 0.25) is 0 Å². The summed E-state index contributed by atoms with van der Waals surface area (Å²) in [6.45, 7) is 4.07. The minimum atomic E-state index is -0.322. The zero-order chi connectivity index (χ0) is 8.27. The Hall–Kier alpha value is -1.25. The lowest BCUT2D eigenvalue weighted by atomic mass is 10.2. The summed E-state index contributed by atoms with van der Waals surface area (Å²) in [5.41, 5.74) is 0.586. The Morgan fingerprint density at radius 1 is 1.82 bits per heavy atom. The van der Waals surface area contributed by atoms with Crippen molar-refractivity contribution in [1.29, 1.82) is 0 Å². The number of rotatable bonds is 2. The smallest absolute Gasteiger partial charge is 0.337 e. The Morgan fingerprint density at radius 2 is 2.55 bits per heavy atom. The average molecular weight is 154 g/mol. The normalized spacial score (nSPS) is 16.1. The highest BCUT2D eigenvalue weighted by Crippen LogP contribution is 2.20. The number of hydrogen-bond donors (Lipinski definition) is 0. The van der Waals surface area contributed by atoms with Gasteiger partial charge in [0, 0.05) is 6.42 Å². The number of hydrogen-bond acceptors (Lipinski definition) is 3. The Morgan fingerprint density at radius 3 is 3.09 bits per heavy atom. The van der Waals surface area contributed by atoms with Gasteiger partial charge in [-0.1, -0.05) is 6.58 Å². The quantitative estimate of drug-likeness (QED) is 0.557. The average Bonchev–Trinajstić information content (AvgIpc) is 2.50. The van der Waals surface area contributed by atoms with Gasteiger partial charge in [-0.3, -0.25) is 0 Å². The van der Waals surface area contributed by atoms with Crippen LogP contribution in [0.3, 0.4) is 0 Å². The number of allylic oxidation sites excluding steroid dienone is 1. The Labute approximate surface area is 65.3 Å². The molecule has 0 aliphatic carbocycles. The standard InChI is InChI=1S/C8H10O3/c1-3-7-6(4-5-11-7)8(9)10-2/h3H,1,4-5H2,2H3. The summed E-state index contributed by atoms with van der Waals surface area (Å²) in [6.07, 6.45) is 2.15. The minimum Gasteiger partial charge on any atom is -0.493 e. The maximum absolute atomic E-state index is 11.0. The van der Waals surface area contributed by atoms with E-state index in [1.807, 2.05) is 0 Å². The van der Waals surface area contributed by atoms with Crippen molar-refractivity contribution in [2.45, 2.75) is 6.42 Å². The monoisotopic (exact) mass is 154 g/mol. The second-order valence-corrected chi connectivity index (χ2v) is 2.14. The Bertz CT molecular complexity index is 215. The van der Waals surface area contributed by atoms with E-state index in [4.69, 9.17) is 4.74 Å². The maximum atomic E-state index is 11.0. The third kappa shape index (κ3) is 1.42. The third-order valence-electron chi connectivity index (χ3n) is 1.52. The summed E-state index contributed by atoms with van der Waals surface area (Å²) in [4.78, 5) is 11.0. The van der Waals surface area contributed by atoms with Gasteiger partial charge in [-0.2, -0.15) is 0 Å². The molecule has 3 nitrogen and oxygen atoms in total. The van der Waals surface area contributed by atoms with Gasteiger partial charge in [0.15, 0.2) is 0 Å². The molecule has 0 N–H and O–H groups in total. The van der Waals surface area contributed by atoms with E-state index in [1.54, 1.807) is 0 Å². The highest BCUT2D eigenvalue weighted by Gasteiger charge is 2.20. The summed E-state index contributed by atoms with van der Waals surface area (Å²) < 4.78 is 9.64. The molecule has 1 aliphatic heterocycles. The van der Waals surface area contributed by atoms with Crippen LogP contribution in [-0.4, -0.2) is 19.7 Å². The van der Waals surface area contributed by atoms with Crippen molar-refractivity contribution >= 4 is 5.97 Å². The molecule has 1 aliphatic rings. The van der Waals surface area contributed by atoms with Crippen LogP contribution in [0.25, 0.3) is 0 Å². The van der Waals surface area contributed by atoms with Crippen molar-refractivity contribution in [3.8, 4) is 0 Å². The molecule has 11 heavy (non-hydrogen) atoms. The number of ether oxygens (including phenoxy) is 2. The first-order valence-corrected chi connectivity index (χ1v) is 3.36. The van der Waals surface area contributed by atoms with Crippen LogP contribution in [0.2, 0.25) is 0 Å². The van der Waals surface area contributed by atoms with Crippen LogP contribution in [0.15, 0.2) is 24.0 Å². The molecule has 0 aromatic carbocycles. The van der Waals surface area contributed by atoms with Crippen molar-refractivity contribution in [3.63, 3.8) is 0 Å². The largest absolute Gasteiger partial charge is 0.493 e. The number of esters is 1. The second-order valence-electron chi connectivity index (χ2n) is 2.14. The lowest BCUT2D eigenvalue weighted by molar-refractivity contribution is -0.136. The molecule has 0 saturated heterocycles. The highest BCUT2D eigenvalue weighted by atomic mass is 16.5. The molecule has 0 fully saturated rings. The van der Waals surface area contributed by atoms with E-state index in [2.05, 4.69) is 11.3 Å². The molecule has 0 saturated carbocycles. The van der Waals surface area contributed by atoms with E-state index in [9.17, 15) is 4.79 Å². The van der Waals surface area contributed by atoms with Crippen LogP contribution in [0.5, 0.6) is 0 Å². The molecule has 1 rings (SSSR count). The number of carbonyl (C=O) groups excluding carboxylic acids is 1. The van der Waals surface area contributed by atoms with E-state index in [0.29, 0.717) is 24.4 Å². The van der Waals surface area contributed by atoms with Crippen molar-refractivity contribution < 1.29 is 14.3 Å². The van der Waals surface area contributed by atoms with Crippen LogP contribution in [0, 0.1) is 0 Å². The topological polar surface area (TPSA) is 35.5 Å². The van der Waals surface area contributed by atoms with Gasteiger partial charge >= 0.3 is 5.97 Å². The van der Waals surface area contributed by atoms with Gasteiger partial charge in [0.25, 0.3) is 0 Å². The fourth-order valence-corrected chi connectivity index (χ4v) is 0.981. The molecule has 0 unspecified atom stereocenters. The third-order valence-corrected chi connectivity index (χ3v) is 1.52. The van der Waals surface area contributed by atoms with Gasteiger partial charge in [0.05, 0.1) is 19.3 Å². The predicted octanol–water partition coefficient (Wildman–Crippen LogP) is 1.02. The molecule has 0 radical (unpaired) electrons. The van der Waals surface area contributed by atoms with Gasteiger partial charge in [-0.25, -0.2) is 4.79 Å². The van der Waals surface area contributed by atoms with E-state index < -0.39 is 0 Å². The van der Waals surface area contributed by atoms with E-state index >= 15 is 0 Å². The van der Waals surface area contributed by atoms with Gasteiger partial charge in [-0.15, -0.1) is 0 Å². The predicted molar refractivity (Wildman–Crippen MR) is 39.8 cm³/mol. The molecule has 0 bridgehead atoms. The number of methoxy groups -OCH3 is 1. The van der Waals surface area contributed by atoms with Crippen LogP contribution in [-0.2, 0) is 14.3 Å². The lowest BCUT2D eigenvalue weighted by Gasteiger charge is -1.98. The van der Waals surface area contributed by atoms with Crippen LogP contribution in [0.1, 0.15) is 6.42 Å². The molecule has 0 aromatic heterocycles.